The van der Waals surface area contributed by atoms with Gasteiger partial charge in [0.15, 0.2) is 11.6 Å². The molecule has 0 spiro atoms. The smallest absolute Gasteiger partial charge is 0.223 e. The van der Waals surface area contributed by atoms with E-state index in [1.54, 1.807) is 6.20 Å². The van der Waals surface area contributed by atoms with Crippen LogP contribution in [0.2, 0.25) is 0 Å². The Balaban J connectivity index is 1.75. The molecular weight excluding hydrogens is 388 g/mol. The van der Waals surface area contributed by atoms with Gasteiger partial charge in [0.2, 0.25) is 5.95 Å². The van der Waals surface area contributed by atoms with Crippen molar-refractivity contribution in [2.45, 2.75) is 64.0 Å². The van der Waals surface area contributed by atoms with E-state index in [4.69, 9.17) is 4.98 Å². The van der Waals surface area contributed by atoms with Crippen LogP contribution >= 0.6 is 0 Å². The number of amidine groups is 1. The summed E-state index contributed by atoms with van der Waals surface area (Å²) in [5.74, 6) is -0.526. The number of fused-ring (bicyclic) bond motifs is 1. The van der Waals surface area contributed by atoms with Crippen molar-refractivity contribution in [3.05, 3.63) is 41.7 Å². The Morgan fingerprint density at radius 2 is 1.80 bits per heavy atom. The first-order valence-electron chi connectivity index (χ1n) is 10.3. The molecule has 1 fully saturated rings. The molecule has 0 amide bonds. The fraction of sp³-hybridized carbons (Fsp3) is 0.500. The van der Waals surface area contributed by atoms with Crippen molar-refractivity contribution < 1.29 is 13.9 Å². The quantitative estimate of drug-likeness (QED) is 0.674. The van der Waals surface area contributed by atoms with Gasteiger partial charge < -0.3 is 15.7 Å². The highest BCUT2D eigenvalue weighted by Crippen LogP contribution is 2.44. The van der Waals surface area contributed by atoms with Gasteiger partial charge in [-0.1, -0.05) is 6.07 Å². The molecule has 6 nitrogen and oxygen atoms in total. The largest absolute Gasteiger partial charge is 0.393 e. The van der Waals surface area contributed by atoms with Crippen molar-refractivity contribution in [2.75, 3.05) is 10.6 Å². The first kappa shape index (κ1) is 20.7. The van der Waals surface area contributed by atoms with Crippen LogP contribution in [0.5, 0.6) is 0 Å². The molecule has 4 rings (SSSR count). The molecule has 1 aromatic heterocycles. The van der Waals surface area contributed by atoms with Crippen molar-refractivity contribution in [3.8, 4) is 0 Å². The molecule has 8 heteroatoms. The van der Waals surface area contributed by atoms with E-state index in [0.29, 0.717) is 30.3 Å². The standard InChI is InChI=1S/C22H27F2N5O/c1-22(2,3)29-21-25-11-16-19(28-21)17(12-7-9-13(30)10-8-12)20(26-16)27-18-14(23)5-4-6-15(18)24/h4-6,11-13,17,30H,7-10H2,1-3H3,(H,26,27)(H,25,28,29). The van der Waals surface area contributed by atoms with Crippen LogP contribution in [0.15, 0.2) is 29.4 Å². The van der Waals surface area contributed by atoms with Crippen LogP contribution in [-0.2, 0) is 0 Å². The number of anilines is 2. The van der Waals surface area contributed by atoms with Gasteiger partial charge in [0.25, 0.3) is 0 Å². The topological polar surface area (TPSA) is 82.4 Å². The van der Waals surface area contributed by atoms with Gasteiger partial charge >= 0.3 is 0 Å². The van der Waals surface area contributed by atoms with Crippen molar-refractivity contribution in [1.82, 2.24) is 9.97 Å². The molecule has 30 heavy (non-hydrogen) atoms. The lowest BCUT2D eigenvalue weighted by Crippen LogP contribution is -2.29. The maximum Gasteiger partial charge on any atom is 0.223 e. The third-order valence-corrected chi connectivity index (χ3v) is 5.54. The molecule has 1 saturated carbocycles. The van der Waals surface area contributed by atoms with Crippen molar-refractivity contribution in [3.63, 3.8) is 0 Å². The maximum absolute atomic E-state index is 14.3. The molecule has 0 radical (unpaired) electrons. The van der Waals surface area contributed by atoms with E-state index in [0.717, 1.165) is 18.5 Å². The lowest BCUT2D eigenvalue weighted by atomic mass is 9.77. The highest BCUT2D eigenvalue weighted by molar-refractivity contribution is 6.07. The Morgan fingerprint density at radius 3 is 2.43 bits per heavy atom. The number of rotatable bonds is 3. The maximum atomic E-state index is 14.3. The zero-order valence-electron chi connectivity index (χ0n) is 17.4. The zero-order chi connectivity index (χ0) is 21.5. The highest BCUT2D eigenvalue weighted by atomic mass is 19.1. The Bertz CT molecular complexity index is 944. The molecule has 1 aliphatic carbocycles. The van der Waals surface area contributed by atoms with E-state index in [1.807, 2.05) is 20.8 Å². The van der Waals surface area contributed by atoms with Gasteiger partial charge in [-0.05, 0) is 64.5 Å². The second-order valence-corrected chi connectivity index (χ2v) is 9.11. The number of aliphatic hydroxyl groups excluding tert-OH is 1. The average Bonchev–Trinajstić information content (AvgIpc) is 3.01. The second kappa shape index (κ2) is 7.91. The Labute approximate surface area is 174 Å². The Morgan fingerprint density at radius 1 is 1.13 bits per heavy atom. The van der Waals surface area contributed by atoms with Gasteiger partial charge in [0.1, 0.15) is 11.5 Å². The minimum atomic E-state index is -0.709. The predicted molar refractivity (Wildman–Crippen MR) is 113 cm³/mol. The monoisotopic (exact) mass is 415 g/mol. The minimum Gasteiger partial charge on any atom is -0.393 e. The number of nitrogens with zero attached hydrogens (tertiary/aromatic N) is 3. The summed E-state index contributed by atoms with van der Waals surface area (Å²) in [6.45, 7) is 6.07. The first-order valence-corrected chi connectivity index (χ1v) is 10.3. The number of aliphatic imine (C=N–C) groups is 1. The van der Waals surface area contributed by atoms with E-state index in [-0.39, 0.29) is 29.2 Å². The molecule has 1 aromatic carbocycles. The van der Waals surface area contributed by atoms with Gasteiger partial charge in [0, 0.05) is 5.54 Å². The molecule has 0 saturated heterocycles. The van der Waals surface area contributed by atoms with Crippen LogP contribution in [0.25, 0.3) is 0 Å². The summed E-state index contributed by atoms with van der Waals surface area (Å²) in [6.07, 6.45) is 4.34. The summed E-state index contributed by atoms with van der Waals surface area (Å²) in [5, 5.41) is 16.4. The number of benzene rings is 1. The molecular formula is C22H27F2N5O. The lowest BCUT2D eigenvalue weighted by Gasteiger charge is -2.30. The molecule has 2 heterocycles. The van der Waals surface area contributed by atoms with Crippen LogP contribution in [0.1, 0.15) is 58.1 Å². The average molecular weight is 415 g/mol. The van der Waals surface area contributed by atoms with Crippen LogP contribution in [-0.4, -0.2) is 32.6 Å². The number of aromatic nitrogens is 2. The third kappa shape index (κ3) is 4.28. The predicted octanol–water partition coefficient (Wildman–Crippen LogP) is 4.76. The highest BCUT2D eigenvalue weighted by Gasteiger charge is 2.39. The number of nitrogens with one attached hydrogen (secondary N) is 2. The van der Waals surface area contributed by atoms with Crippen molar-refractivity contribution >= 4 is 23.2 Å². The van der Waals surface area contributed by atoms with Crippen molar-refractivity contribution in [1.29, 1.82) is 0 Å². The summed E-state index contributed by atoms with van der Waals surface area (Å²) >= 11 is 0. The summed E-state index contributed by atoms with van der Waals surface area (Å²) in [7, 11) is 0. The molecule has 160 valence electrons. The van der Waals surface area contributed by atoms with E-state index in [1.165, 1.54) is 18.2 Å². The molecule has 2 aliphatic rings. The van der Waals surface area contributed by atoms with Crippen LogP contribution in [0, 0.1) is 17.6 Å². The minimum absolute atomic E-state index is 0.160. The van der Waals surface area contributed by atoms with E-state index >= 15 is 0 Å². The molecule has 0 bridgehead atoms. The third-order valence-electron chi connectivity index (χ3n) is 5.54. The summed E-state index contributed by atoms with van der Waals surface area (Å²) in [6, 6.07) is 3.71. The van der Waals surface area contributed by atoms with Gasteiger partial charge in [-0.3, -0.25) is 0 Å². The summed E-state index contributed by atoms with van der Waals surface area (Å²) in [5.41, 5.74) is 0.946. The molecule has 2 aromatic rings. The van der Waals surface area contributed by atoms with Crippen molar-refractivity contribution in [2.24, 2.45) is 10.9 Å². The number of para-hydroxylation sites is 1. The number of halogens is 2. The zero-order valence-corrected chi connectivity index (χ0v) is 17.4. The fourth-order valence-electron chi connectivity index (χ4n) is 4.16. The van der Waals surface area contributed by atoms with Crippen LogP contribution < -0.4 is 10.6 Å². The lowest BCUT2D eigenvalue weighted by molar-refractivity contribution is 0.106. The fourth-order valence-corrected chi connectivity index (χ4v) is 4.16. The molecule has 1 atom stereocenters. The number of aliphatic hydroxyl groups is 1. The van der Waals surface area contributed by atoms with E-state index in [2.05, 4.69) is 20.6 Å². The SMILES string of the molecule is CC(C)(C)Nc1ncc2c(n1)C(C1CCC(O)CC1)C(=Nc1c(F)cccc1F)N2. The summed E-state index contributed by atoms with van der Waals surface area (Å²) in [4.78, 5) is 13.5. The Kier molecular flexibility index (Phi) is 5.44. The molecule has 1 aliphatic heterocycles. The first-order chi connectivity index (χ1) is 14.2. The second-order valence-electron chi connectivity index (χ2n) is 9.11. The van der Waals surface area contributed by atoms with Crippen LogP contribution in [0.4, 0.5) is 26.1 Å². The van der Waals surface area contributed by atoms with Crippen LogP contribution in [0.3, 0.4) is 0 Å². The van der Waals surface area contributed by atoms with Gasteiger partial charge in [-0.2, -0.15) is 0 Å². The Hall–Kier alpha value is -2.61. The number of hydrogen-bond donors (Lipinski definition) is 3. The van der Waals surface area contributed by atoms with Gasteiger partial charge in [-0.15, -0.1) is 0 Å². The number of hydrogen-bond acceptors (Lipinski definition) is 5. The molecule has 1 unspecified atom stereocenters. The molecule has 3 N–H and O–H groups in total. The normalized spacial score (nSPS) is 25.1. The van der Waals surface area contributed by atoms with Gasteiger partial charge in [0.05, 0.1) is 29.6 Å². The van der Waals surface area contributed by atoms with E-state index < -0.39 is 11.6 Å². The summed E-state index contributed by atoms with van der Waals surface area (Å²) < 4.78 is 28.5. The van der Waals surface area contributed by atoms with E-state index in [9.17, 15) is 13.9 Å². The van der Waals surface area contributed by atoms with Gasteiger partial charge in [-0.25, -0.2) is 23.7 Å².